The zero-order chi connectivity index (χ0) is 16.8. The van der Waals surface area contributed by atoms with Gasteiger partial charge < -0.3 is 4.74 Å². The standard InChI is InChI=1S/C18H17N3O2S/c1-2-17-20-21-18(24-17)19-16(22)12-23-15-11-7-6-10-14(15)13-8-4-3-5-9-13/h3-11H,2,12H2,1H3,(H,19,21,22). The molecule has 122 valence electrons. The Morgan fingerprint density at radius 3 is 2.58 bits per heavy atom. The number of rotatable bonds is 6. The second-order valence-corrected chi connectivity index (χ2v) is 6.12. The van der Waals surface area contributed by atoms with Crippen molar-refractivity contribution in [1.29, 1.82) is 0 Å². The normalized spacial score (nSPS) is 10.4. The minimum absolute atomic E-state index is 0.0785. The van der Waals surface area contributed by atoms with Crippen LogP contribution in [0.25, 0.3) is 11.1 Å². The number of aromatic nitrogens is 2. The third kappa shape index (κ3) is 3.97. The Morgan fingerprint density at radius 2 is 1.83 bits per heavy atom. The number of nitrogens with zero attached hydrogens (tertiary/aromatic N) is 2. The Bertz CT molecular complexity index is 818. The van der Waals surface area contributed by atoms with Gasteiger partial charge in [-0.15, -0.1) is 10.2 Å². The minimum atomic E-state index is -0.253. The van der Waals surface area contributed by atoms with E-state index in [1.54, 1.807) is 0 Å². The first-order chi connectivity index (χ1) is 11.8. The predicted octanol–water partition coefficient (Wildman–Crippen LogP) is 3.79. The molecule has 0 saturated heterocycles. The zero-order valence-electron chi connectivity index (χ0n) is 13.2. The first-order valence-corrected chi connectivity index (χ1v) is 8.47. The number of benzene rings is 2. The van der Waals surface area contributed by atoms with Crippen molar-refractivity contribution in [2.24, 2.45) is 0 Å². The van der Waals surface area contributed by atoms with Gasteiger partial charge in [0.25, 0.3) is 5.91 Å². The highest BCUT2D eigenvalue weighted by Gasteiger charge is 2.10. The topological polar surface area (TPSA) is 64.1 Å². The van der Waals surface area contributed by atoms with Gasteiger partial charge >= 0.3 is 0 Å². The number of para-hydroxylation sites is 1. The lowest BCUT2D eigenvalue weighted by Gasteiger charge is -2.11. The molecule has 0 aliphatic heterocycles. The maximum Gasteiger partial charge on any atom is 0.264 e. The lowest BCUT2D eigenvalue weighted by Crippen LogP contribution is -2.20. The summed E-state index contributed by atoms with van der Waals surface area (Å²) in [4.78, 5) is 12.0. The Balaban J connectivity index is 1.65. The van der Waals surface area contributed by atoms with Gasteiger partial charge in [-0.2, -0.15) is 0 Å². The van der Waals surface area contributed by atoms with Crippen LogP contribution in [0.2, 0.25) is 0 Å². The van der Waals surface area contributed by atoms with Gasteiger partial charge in [-0.1, -0.05) is 66.8 Å². The molecule has 0 saturated carbocycles. The molecule has 1 N–H and O–H groups in total. The highest BCUT2D eigenvalue weighted by molar-refractivity contribution is 7.15. The van der Waals surface area contributed by atoms with Crippen molar-refractivity contribution in [3.8, 4) is 16.9 Å². The van der Waals surface area contributed by atoms with Crippen LogP contribution in [0.15, 0.2) is 54.6 Å². The van der Waals surface area contributed by atoms with Gasteiger partial charge in [0, 0.05) is 5.56 Å². The summed E-state index contributed by atoms with van der Waals surface area (Å²) < 4.78 is 5.70. The maximum absolute atomic E-state index is 12.0. The van der Waals surface area contributed by atoms with E-state index in [4.69, 9.17) is 4.74 Å². The van der Waals surface area contributed by atoms with E-state index in [-0.39, 0.29) is 12.5 Å². The molecule has 3 rings (SSSR count). The summed E-state index contributed by atoms with van der Waals surface area (Å²) in [6.07, 6.45) is 0.800. The van der Waals surface area contributed by atoms with Crippen LogP contribution in [0, 0.1) is 0 Å². The van der Waals surface area contributed by atoms with Crippen molar-refractivity contribution in [2.45, 2.75) is 13.3 Å². The van der Waals surface area contributed by atoms with Crippen molar-refractivity contribution in [3.05, 3.63) is 59.6 Å². The molecule has 0 fully saturated rings. The third-order valence-corrected chi connectivity index (χ3v) is 4.33. The average Bonchev–Trinajstić information content (AvgIpc) is 3.08. The zero-order valence-corrected chi connectivity index (χ0v) is 14.0. The number of anilines is 1. The average molecular weight is 339 g/mol. The summed E-state index contributed by atoms with van der Waals surface area (Å²) in [6, 6.07) is 17.6. The van der Waals surface area contributed by atoms with Crippen molar-refractivity contribution in [1.82, 2.24) is 10.2 Å². The third-order valence-electron chi connectivity index (χ3n) is 3.35. The fraction of sp³-hybridized carbons (Fsp3) is 0.167. The van der Waals surface area contributed by atoms with Crippen molar-refractivity contribution >= 4 is 22.4 Å². The van der Waals surface area contributed by atoms with Gasteiger partial charge in [0.2, 0.25) is 5.13 Å². The smallest absolute Gasteiger partial charge is 0.264 e. The number of aryl methyl sites for hydroxylation is 1. The van der Waals surface area contributed by atoms with Crippen molar-refractivity contribution < 1.29 is 9.53 Å². The van der Waals surface area contributed by atoms with E-state index < -0.39 is 0 Å². The van der Waals surface area contributed by atoms with E-state index in [9.17, 15) is 4.79 Å². The lowest BCUT2D eigenvalue weighted by atomic mass is 10.1. The van der Waals surface area contributed by atoms with Gasteiger partial charge in [-0.25, -0.2) is 0 Å². The van der Waals surface area contributed by atoms with Gasteiger partial charge in [0.15, 0.2) is 6.61 Å². The molecule has 6 heteroatoms. The highest BCUT2D eigenvalue weighted by atomic mass is 32.1. The Kier molecular flexibility index (Phi) is 5.18. The maximum atomic E-state index is 12.0. The van der Waals surface area contributed by atoms with E-state index in [0.29, 0.717) is 10.9 Å². The summed E-state index contributed by atoms with van der Waals surface area (Å²) in [7, 11) is 0. The molecule has 0 aliphatic carbocycles. The Hall–Kier alpha value is -2.73. The molecule has 3 aromatic rings. The summed E-state index contributed by atoms with van der Waals surface area (Å²) in [5.41, 5.74) is 2.00. The van der Waals surface area contributed by atoms with E-state index in [1.165, 1.54) is 11.3 Å². The van der Waals surface area contributed by atoms with Gasteiger partial charge in [0.1, 0.15) is 10.8 Å². The van der Waals surface area contributed by atoms with E-state index in [2.05, 4.69) is 15.5 Å². The minimum Gasteiger partial charge on any atom is -0.483 e. The molecule has 1 amide bonds. The molecule has 0 atom stereocenters. The van der Waals surface area contributed by atoms with Crippen LogP contribution >= 0.6 is 11.3 Å². The number of carbonyl (C=O) groups is 1. The van der Waals surface area contributed by atoms with Gasteiger partial charge in [0.05, 0.1) is 0 Å². The van der Waals surface area contributed by atoms with E-state index in [1.807, 2.05) is 61.5 Å². The highest BCUT2D eigenvalue weighted by Crippen LogP contribution is 2.29. The largest absolute Gasteiger partial charge is 0.483 e. The number of hydrogen-bond acceptors (Lipinski definition) is 5. The number of amides is 1. The predicted molar refractivity (Wildman–Crippen MR) is 95.3 cm³/mol. The first kappa shape index (κ1) is 16.1. The fourth-order valence-corrected chi connectivity index (χ4v) is 2.89. The SMILES string of the molecule is CCc1nnc(NC(=O)COc2ccccc2-c2ccccc2)s1. The molecular weight excluding hydrogens is 322 g/mol. The summed E-state index contributed by atoms with van der Waals surface area (Å²) in [6.45, 7) is 1.92. The van der Waals surface area contributed by atoms with Crippen LogP contribution in [-0.2, 0) is 11.2 Å². The molecular formula is C18H17N3O2S. The molecule has 0 radical (unpaired) electrons. The summed E-state index contributed by atoms with van der Waals surface area (Å²) in [5.74, 6) is 0.419. The Morgan fingerprint density at radius 1 is 1.08 bits per heavy atom. The van der Waals surface area contributed by atoms with E-state index in [0.717, 1.165) is 22.6 Å². The van der Waals surface area contributed by atoms with Crippen LogP contribution in [0.4, 0.5) is 5.13 Å². The number of hydrogen-bond donors (Lipinski definition) is 1. The first-order valence-electron chi connectivity index (χ1n) is 7.65. The van der Waals surface area contributed by atoms with Crippen LogP contribution < -0.4 is 10.1 Å². The molecule has 1 heterocycles. The second kappa shape index (κ2) is 7.70. The quantitative estimate of drug-likeness (QED) is 0.742. The van der Waals surface area contributed by atoms with Crippen LogP contribution in [0.3, 0.4) is 0 Å². The Labute approximate surface area is 144 Å². The van der Waals surface area contributed by atoms with Gasteiger partial charge in [-0.05, 0) is 18.1 Å². The molecule has 24 heavy (non-hydrogen) atoms. The van der Waals surface area contributed by atoms with Crippen LogP contribution in [0.5, 0.6) is 5.75 Å². The number of carbonyl (C=O) groups excluding carboxylic acids is 1. The molecule has 1 aromatic heterocycles. The molecule has 0 unspecified atom stereocenters. The molecule has 5 nitrogen and oxygen atoms in total. The number of nitrogens with one attached hydrogen (secondary N) is 1. The van der Waals surface area contributed by atoms with E-state index >= 15 is 0 Å². The lowest BCUT2D eigenvalue weighted by molar-refractivity contribution is -0.118. The molecule has 0 spiro atoms. The van der Waals surface area contributed by atoms with Crippen LogP contribution in [-0.4, -0.2) is 22.7 Å². The monoisotopic (exact) mass is 339 g/mol. The molecule has 2 aromatic carbocycles. The van der Waals surface area contributed by atoms with Crippen LogP contribution in [0.1, 0.15) is 11.9 Å². The van der Waals surface area contributed by atoms with Crippen molar-refractivity contribution in [3.63, 3.8) is 0 Å². The summed E-state index contributed by atoms with van der Waals surface area (Å²) >= 11 is 1.37. The number of ether oxygens (including phenoxy) is 1. The molecule has 0 aliphatic rings. The van der Waals surface area contributed by atoms with Crippen molar-refractivity contribution in [2.75, 3.05) is 11.9 Å². The fourth-order valence-electron chi connectivity index (χ4n) is 2.19. The molecule has 0 bridgehead atoms. The van der Waals surface area contributed by atoms with Gasteiger partial charge in [-0.3, -0.25) is 10.1 Å². The summed E-state index contributed by atoms with van der Waals surface area (Å²) in [5, 5.41) is 12.0. The second-order valence-electron chi connectivity index (χ2n) is 5.05.